The van der Waals surface area contributed by atoms with Crippen molar-refractivity contribution in [3.63, 3.8) is 0 Å². The molecule has 0 bridgehead atoms. The van der Waals surface area contributed by atoms with Crippen LogP contribution in [0.25, 0.3) is 0 Å². The van der Waals surface area contributed by atoms with Crippen LogP contribution in [0.1, 0.15) is 13.8 Å². The number of carbonyl (C=O) groups is 2. The lowest BCUT2D eigenvalue weighted by Crippen LogP contribution is -2.41. The van der Waals surface area contributed by atoms with E-state index in [1.54, 1.807) is 13.8 Å². The molecule has 0 fully saturated rings. The smallest absolute Gasteiger partial charge is 0.318 e. The van der Waals surface area contributed by atoms with Gasteiger partial charge in [0, 0.05) is 0 Å². The highest BCUT2D eigenvalue weighted by Gasteiger charge is 2.27. The van der Waals surface area contributed by atoms with Crippen LogP contribution in [0.4, 0.5) is 0 Å². The summed E-state index contributed by atoms with van der Waals surface area (Å²) in [6.07, 6.45) is 0. The predicted octanol–water partition coefficient (Wildman–Crippen LogP) is -0.557. The van der Waals surface area contributed by atoms with Crippen LogP contribution in [0.5, 0.6) is 0 Å². The van der Waals surface area contributed by atoms with E-state index in [0.717, 1.165) is 0 Å². The zero-order valence-corrected chi connectivity index (χ0v) is 9.90. The third kappa shape index (κ3) is 5.66. The van der Waals surface area contributed by atoms with Crippen molar-refractivity contribution in [3.8, 4) is 0 Å². The van der Waals surface area contributed by atoms with Gasteiger partial charge in [-0.1, -0.05) is 13.8 Å². The number of hydrogen-bond donors (Lipinski definition) is 2. The summed E-state index contributed by atoms with van der Waals surface area (Å²) in [4.78, 5) is 20.8. The van der Waals surface area contributed by atoms with Crippen LogP contribution in [0.2, 0.25) is 0 Å². The van der Waals surface area contributed by atoms with Gasteiger partial charge in [0.2, 0.25) is 10.0 Å². The Hall–Kier alpha value is -1.15. The molecule has 7 nitrogen and oxygen atoms in total. The third-order valence-electron chi connectivity index (χ3n) is 1.56. The first-order valence-corrected chi connectivity index (χ1v) is 6.17. The van der Waals surface area contributed by atoms with Crippen LogP contribution in [0.15, 0.2) is 0 Å². The van der Waals surface area contributed by atoms with Gasteiger partial charge in [-0.3, -0.25) is 9.59 Å². The maximum Gasteiger partial charge on any atom is 0.318 e. The van der Waals surface area contributed by atoms with E-state index in [0.29, 0.717) is 4.31 Å². The molecule has 0 amide bonds. The highest BCUT2D eigenvalue weighted by atomic mass is 32.2. The highest BCUT2D eigenvalue weighted by molar-refractivity contribution is 7.89. The minimum Gasteiger partial charge on any atom is -0.480 e. The van der Waals surface area contributed by atoms with Crippen LogP contribution in [-0.2, 0) is 19.6 Å². The molecule has 8 heteroatoms. The molecule has 0 aromatic carbocycles. The monoisotopic (exact) mass is 253 g/mol. The molecule has 0 saturated carbocycles. The molecule has 0 heterocycles. The fourth-order valence-corrected chi connectivity index (χ4v) is 2.75. The van der Waals surface area contributed by atoms with Gasteiger partial charge in [0.05, 0.1) is 5.75 Å². The van der Waals surface area contributed by atoms with Crippen molar-refractivity contribution in [1.29, 1.82) is 0 Å². The summed E-state index contributed by atoms with van der Waals surface area (Å²) in [6.45, 7) is 1.64. The Kier molecular flexibility index (Phi) is 5.39. The first kappa shape index (κ1) is 14.8. The van der Waals surface area contributed by atoms with E-state index < -0.39 is 35.1 Å². The van der Waals surface area contributed by atoms with Gasteiger partial charge in [-0.05, 0) is 5.92 Å². The fraction of sp³-hybridized carbons (Fsp3) is 0.750. The van der Waals surface area contributed by atoms with E-state index in [9.17, 15) is 18.0 Å². The van der Waals surface area contributed by atoms with E-state index in [1.807, 2.05) is 0 Å². The Morgan fingerprint density at radius 3 is 1.75 bits per heavy atom. The number of hydrogen-bond acceptors (Lipinski definition) is 4. The first-order chi connectivity index (χ1) is 7.15. The van der Waals surface area contributed by atoms with Crippen LogP contribution < -0.4 is 0 Å². The summed E-state index contributed by atoms with van der Waals surface area (Å²) in [5, 5.41) is 17.0. The standard InChI is InChI=1S/C8H15NO6S/c1-6(2)5-16(14,15)9(3-7(10)11)4-8(12)13/h6H,3-5H2,1-2H3,(H,10,11)(H,12,13). The van der Waals surface area contributed by atoms with Gasteiger partial charge in [0.25, 0.3) is 0 Å². The molecule has 0 aliphatic rings. The SMILES string of the molecule is CC(C)CS(=O)(=O)N(CC(=O)O)CC(=O)O. The molecule has 16 heavy (non-hydrogen) atoms. The molecule has 0 atom stereocenters. The molecule has 0 rings (SSSR count). The second-order valence-corrected chi connectivity index (χ2v) is 5.74. The Balaban J connectivity index is 4.86. The van der Waals surface area contributed by atoms with Crippen molar-refractivity contribution >= 4 is 22.0 Å². The van der Waals surface area contributed by atoms with Gasteiger partial charge < -0.3 is 10.2 Å². The van der Waals surface area contributed by atoms with Crippen molar-refractivity contribution in [1.82, 2.24) is 4.31 Å². The average Bonchev–Trinajstić information content (AvgIpc) is 1.98. The van der Waals surface area contributed by atoms with Gasteiger partial charge in [-0.15, -0.1) is 0 Å². The van der Waals surface area contributed by atoms with Gasteiger partial charge in [0.15, 0.2) is 0 Å². The molecule has 0 saturated heterocycles. The third-order valence-corrected chi connectivity index (χ3v) is 3.69. The summed E-state index contributed by atoms with van der Waals surface area (Å²) in [7, 11) is -3.84. The van der Waals surface area contributed by atoms with Crippen molar-refractivity contribution in [2.45, 2.75) is 13.8 Å². The quantitative estimate of drug-likeness (QED) is 0.629. The fourth-order valence-electron chi connectivity index (χ4n) is 1.08. The lowest BCUT2D eigenvalue weighted by atomic mass is 10.3. The second kappa shape index (κ2) is 5.80. The maximum atomic E-state index is 11.6. The zero-order chi connectivity index (χ0) is 12.9. The maximum absolute atomic E-state index is 11.6. The van der Waals surface area contributed by atoms with Crippen LogP contribution in [-0.4, -0.2) is 53.7 Å². The molecule has 94 valence electrons. The topological polar surface area (TPSA) is 112 Å². The molecular formula is C8H15NO6S. The molecule has 0 radical (unpaired) electrons. The average molecular weight is 253 g/mol. The number of aliphatic carboxylic acids is 2. The van der Waals surface area contributed by atoms with Gasteiger partial charge in [-0.25, -0.2) is 8.42 Å². The molecule has 0 unspecified atom stereocenters. The minimum atomic E-state index is -3.84. The molecule has 0 aliphatic carbocycles. The van der Waals surface area contributed by atoms with Gasteiger partial charge in [-0.2, -0.15) is 4.31 Å². The van der Waals surface area contributed by atoms with Crippen LogP contribution >= 0.6 is 0 Å². The number of nitrogens with zero attached hydrogens (tertiary/aromatic N) is 1. The summed E-state index contributed by atoms with van der Waals surface area (Å²) >= 11 is 0. The van der Waals surface area contributed by atoms with E-state index in [4.69, 9.17) is 10.2 Å². The van der Waals surface area contributed by atoms with Gasteiger partial charge in [0.1, 0.15) is 13.1 Å². The van der Waals surface area contributed by atoms with E-state index >= 15 is 0 Å². The Labute approximate surface area is 93.7 Å². The summed E-state index contributed by atoms with van der Waals surface area (Å²) in [5.74, 6) is -3.23. The number of sulfonamides is 1. The molecule has 0 aromatic heterocycles. The normalized spacial score (nSPS) is 12.0. The van der Waals surface area contributed by atoms with E-state index in [-0.39, 0.29) is 11.7 Å². The predicted molar refractivity (Wildman–Crippen MR) is 55.5 cm³/mol. The second-order valence-electron chi connectivity index (χ2n) is 3.73. The Bertz CT molecular complexity index is 345. The number of carboxylic acid groups (broad SMARTS) is 2. The molecule has 2 N–H and O–H groups in total. The molecule has 0 spiro atoms. The van der Waals surface area contributed by atoms with Crippen LogP contribution in [0.3, 0.4) is 0 Å². The first-order valence-electron chi connectivity index (χ1n) is 4.56. The van der Waals surface area contributed by atoms with Crippen LogP contribution in [0, 0.1) is 5.92 Å². The summed E-state index contributed by atoms with van der Waals surface area (Å²) < 4.78 is 23.7. The number of rotatable bonds is 7. The van der Waals surface area contributed by atoms with Gasteiger partial charge >= 0.3 is 11.9 Å². The molecular weight excluding hydrogens is 238 g/mol. The lowest BCUT2D eigenvalue weighted by molar-refractivity contribution is -0.139. The number of carboxylic acids is 2. The highest BCUT2D eigenvalue weighted by Crippen LogP contribution is 2.06. The van der Waals surface area contributed by atoms with Crippen molar-refractivity contribution in [3.05, 3.63) is 0 Å². The van der Waals surface area contributed by atoms with E-state index in [1.165, 1.54) is 0 Å². The van der Waals surface area contributed by atoms with E-state index in [2.05, 4.69) is 0 Å². The summed E-state index contributed by atoms with van der Waals surface area (Å²) in [5.41, 5.74) is 0. The van der Waals surface area contributed by atoms with Crippen molar-refractivity contribution < 1.29 is 28.2 Å². The Morgan fingerprint density at radius 2 is 1.50 bits per heavy atom. The lowest BCUT2D eigenvalue weighted by Gasteiger charge is -2.19. The molecule has 0 aromatic rings. The van der Waals surface area contributed by atoms with Crippen molar-refractivity contribution in [2.75, 3.05) is 18.8 Å². The summed E-state index contributed by atoms with van der Waals surface area (Å²) in [6, 6.07) is 0. The Morgan fingerprint density at radius 1 is 1.12 bits per heavy atom. The largest absolute Gasteiger partial charge is 0.480 e. The van der Waals surface area contributed by atoms with Crippen molar-refractivity contribution in [2.24, 2.45) is 5.92 Å². The zero-order valence-electron chi connectivity index (χ0n) is 9.08. The minimum absolute atomic E-state index is 0.199. The molecule has 0 aliphatic heterocycles.